The highest BCUT2D eigenvalue weighted by Crippen LogP contribution is 2.36. The molecule has 22 heavy (non-hydrogen) atoms. The number of benzene rings is 1. The third-order valence-electron chi connectivity index (χ3n) is 4.58. The first kappa shape index (κ1) is 13.4. The third kappa shape index (κ3) is 1.79. The van der Waals surface area contributed by atoms with E-state index >= 15 is 0 Å². The van der Waals surface area contributed by atoms with Gasteiger partial charge in [-0.3, -0.25) is 0 Å². The monoisotopic (exact) mass is 297 g/mol. The predicted octanol–water partition coefficient (Wildman–Crippen LogP) is 4.26. The Morgan fingerprint density at radius 2 is 1.82 bits per heavy atom. The van der Waals surface area contributed by atoms with E-state index in [2.05, 4.69) is 32.0 Å². The van der Waals surface area contributed by atoms with Gasteiger partial charge in [-0.1, -0.05) is 20.8 Å². The first-order valence-electron chi connectivity index (χ1n) is 7.67. The molecule has 4 heteroatoms. The molecule has 0 fully saturated rings. The topological polar surface area (TPSA) is 58.9 Å². The van der Waals surface area contributed by atoms with Crippen LogP contribution in [-0.4, -0.2) is 5.21 Å². The summed E-state index contributed by atoms with van der Waals surface area (Å²) in [5.74, 6) is 0. The van der Waals surface area contributed by atoms with E-state index in [9.17, 15) is 5.21 Å². The van der Waals surface area contributed by atoms with Crippen molar-refractivity contribution in [2.45, 2.75) is 45.4 Å². The quantitative estimate of drug-likeness (QED) is 0.498. The van der Waals surface area contributed by atoms with Gasteiger partial charge in [0.25, 0.3) is 5.55 Å². The molecule has 3 aromatic rings. The van der Waals surface area contributed by atoms with Gasteiger partial charge < -0.3 is 14.0 Å². The number of hydrogen-bond acceptors (Lipinski definition) is 4. The van der Waals surface area contributed by atoms with Crippen LogP contribution in [0.5, 0.6) is 0 Å². The molecule has 0 spiro atoms. The normalized spacial score (nSPS) is 15.9. The van der Waals surface area contributed by atoms with Gasteiger partial charge in [0.1, 0.15) is 11.2 Å². The largest absolute Gasteiger partial charge is 0.464 e. The Kier molecular flexibility index (Phi) is 2.68. The lowest BCUT2D eigenvalue weighted by atomic mass is 9.86. The lowest BCUT2D eigenvalue weighted by Crippen LogP contribution is -2.10. The summed E-state index contributed by atoms with van der Waals surface area (Å²) in [6.07, 6.45) is 4.81. The molecule has 0 bridgehead atoms. The van der Waals surface area contributed by atoms with Crippen molar-refractivity contribution in [3.63, 3.8) is 0 Å². The van der Waals surface area contributed by atoms with Gasteiger partial charge in [0.2, 0.25) is 0 Å². The molecule has 114 valence electrons. The van der Waals surface area contributed by atoms with E-state index < -0.39 is 0 Å². The highest BCUT2D eigenvalue weighted by molar-refractivity contribution is 5.97. The summed E-state index contributed by atoms with van der Waals surface area (Å²) in [5.41, 5.74) is 5.37. The molecule has 1 aromatic carbocycles. The summed E-state index contributed by atoms with van der Waals surface area (Å²) in [6.45, 7) is 6.55. The van der Waals surface area contributed by atoms with Crippen molar-refractivity contribution in [2.24, 2.45) is 5.16 Å². The average Bonchev–Trinajstić information content (AvgIpc) is 3.09. The molecule has 2 heterocycles. The Hall–Kier alpha value is -2.23. The van der Waals surface area contributed by atoms with Gasteiger partial charge in [-0.2, -0.15) is 0 Å². The number of furan rings is 1. The number of hydrogen-bond donors (Lipinski definition) is 1. The maximum Gasteiger partial charge on any atom is 0.259 e. The fraction of sp³-hybridized carbons (Fsp3) is 0.389. The summed E-state index contributed by atoms with van der Waals surface area (Å²) < 4.78 is 11.5. The Morgan fingerprint density at radius 3 is 2.55 bits per heavy atom. The third-order valence-corrected chi connectivity index (χ3v) is 4.58. The molecule has 0 amide bonds. The van der Waals surface area contributed by atoms with E-state index in [1.54, 1.807) is 0 Å². The Balaban J connectivity index is 2.14. The van der Waals surface area contributed by atoms with Crippen LogP contribution in [0.4, 0.5) is 0 Å². The van der Waals surface area contributed by atoms with Crippen LogP contribution in [0, 0.1) is 0 Å². The van der Waals surface area contributed by atoms with E-state index in [4.69, 9.17) is 8.83 Å². The van der Waals surface area contributed by atoms with Crippen molar-refractivity contribution in [3.8, 4) is 0 Å². The summed E-state index contributed by atoms with van der Waals surface area (Å²) in [5, 5.41) is 14.8. The van der Waals surface area contributed by atoms with E-state index in [0.717, 1.165) is 46.8 Å². The molecule has 4 nitrogen and oxygen atoms in total. The fourth-order valence-corrected chi connectivity index (χ4v) is 3.48. The minimum Gasteiger partial charge on any atom is -0.464 e. The molecule has 1 aliphatic rings. The van der Waals surface area contributed by atoms with Crippen LogP contribution in [0.25, 0.3) is 21.9 Å². The number of rotatable bonds is 0. The van der Waals surface area contributed by atoms with Gasteiger partial charge in [-0.15, -0.1) is 0 Å². The van der Waals surface area contributed by atoms with Crippen LogP contribution in [0.3, 0.4) is 0 Å². The lowest BCUT2D eigenvalue weighted by molar-refractivity contribution is 0.275. The van der Waals surface area contributed by atoms with E-state index in [-0.39, 0.29) is 5.41 Å². The molecule has 0 saturated carbocycles. The molecule has 4 rings (SSSR count). The van der Waals surface area contributed by atoms with Gasteiger partial charge in [-0.05, 0) is 41.5 Å². The second-order valence-electron chi connectivity index (χ2n) is 7.06. The first-order valence-corrected chi connectivity index (χ1v) is 7.67. The highest BCUT2D eigenvalue weighted by atomic mass is 16.5. The van der Waals surface area contributed by atoms with Crippen LogP contribution in [0.2, 0.25) is 0 Å². The number of fused-ring (bicyclic) bond motifs is 4. The highest BCUT2D eigenvalue weighted by Gasteiger charge is 2.23. The maximum absolute atomic E-state index is 9.19. The summed E-state index contributed by atoms with van der Waals surface area (Å²) >= 11 is 0. The standard InChI is InChI=1S/C18H19NO3/c1-18(2,3)14-9-21-15-8-16-12(7-13(14)15)10-5-4-6-11(10)17(19-20)22-16/h7-9,20H,4-6H2,1-3H3/b19-17+. The Labute approximate surface area is 128 Å². The predicted molar refractivity (Wildman–Crippen MR) is 84.1 cm³/mol. The second-order valence-corrected chi connectivity index (χ2v) is 7.06. The smallest absolute Gasteiger partial charge is 0.259 e. The van der Waals surface area contributed by atoms with Crippen molar-refractivity contribution in [3.05, 3.63) is 40.6 Å². The van der Waals surface area contributed by atoms with Crippen LogP contribution in [-0.2, 0) is 18.3 Å². The second kappa shape index (κ2) is 4.38. The van der Waals surface area contributed by atoms with Crippen molar-refractivity contribution < 1.29 is 14.0 Å². The van der Waals surface area contributed by atoms with Crippen LogP contribution < -0.4 is 5.55 Å². The molecule has 0 aliphatic heterocycles. The van der Waals surface area contributed by atoms with Crippen molar-refractivity contribution in [1.29, 1.82) is 0 Å². The molecule has 0 atom stereocenters. The molecule has 2 aromatic heterocycles. The van der Waals surface area contributed by atoms with Crippen LogP contribution >= 0.6 is 0 Å². The van der Waals surface area contributed by atoms with Gasteiger partial charge in [0.15, 0.2) is 0 Å². The Bertz CT molecular complexity index is 954. The number of aryl methyl sites for hydroxylation is 1. The Morgan fingerprint density at radius 1 is 1.05 bits per heavy atom. The van der Waals surface area contributed by atoms with Gasteiger partial charge >= 0.3 is 0 Å². The van der Waals surface area contributed by atoms with Crippen LogP contribution in [0.1, 0.15) is 43.9 Å². The van der Waals surface area contributed by atoms with Gasteiger partial charge in [0.05, 0.1) is 6.26 Å². The minimum atomic E-state index is 0.0274. The van der Waals surface area contributed by atoms with Gasteiger partial charge in [-0.25, -0.2) is 0 Å². The summed E-state index contributed by atoms with van der Waals surface area (Å²) in [6, 6.07) is 4.08. The molecule has 1 N–H and O–H groups in total. The molecule has 0 saturated heterocycles. The molecule has 0 radical (unpaired) electrons. The van der Waals surface area contributed by atoms with E-state index in [0.29, 0.717) is 5.55 Å². The maximum atomic E-state index is 9.19. The van der Waals surface area contributed by atoms with Crippen molar-refractivity contribution >= 4 is 21.9 Å². The fourth-order valence-electron chi connectivity index (χ4n) is 3.48. The number of nitrogens with zero attached hydrogens (tertiary/aromatic N) is 1. The lowest BCUT2D eigenvalue weighted by Gasteiger charge is -2.16. The first-order chi connectivity index (χ1) is 10.5. The van der Waals surface area contributed by atoms with Crippen molar-refractivity contribution in [1.82, 2.24) is 0 Å². The zero-order valence-corrected chi connectivity index (χ0v) is 13.1. The zero-order chi connectivity index (χ0) is 15.5. The van der Waals surface area contributed by atoms with E-state index in [1.165, 1.54) is 11.1 Å². The van der Waals surface area contributed by atoms with E-state index in [1.807, 2.05) is 12.3 Å². The summed E-state index contributed by atoms with van der Waals surface area (Å²) in [7, 11) is 0. The molecular weight excluding hydrogens is 278 g/mol. The molecular formula is C18H19NO3. The molecule has 0 unspecified atom stereocenters. The molecule has 1 aliphatic carbocycles. The zero-order valence-electron chi connectivity index (χ0n) is 13.1. The SMILES string of the molecule is CC(C)(C)c1coc2cc3o/c(=N/O)c4c(c3cc12)CCC4. The summed E-state index contributed by atoms with van der Waals surface area (Å²) in [4.78, 5) is 0. The van der Waals surface area contributed by atoms with Gasteiger partial charge in [0, 0.05) is 28.0 Å². The van der Waals surface area contributed by atoms with Crippen molar-refractivity contribution in [2.75, 3.05) is 0 Å². The van der Waals surface area contributed by atoms with Crippen LogP contribution in [0.15, 0.2) is 32.4 Å². The minimum absolute atomic E-state index is 0.0274. The average molecular weight is 297 g/mol.